The third kappa shape index (κ3) is 2.81. The van der Waals surface area contributed by atoms with Crippen molar-refractivity contribution in [1.82, 2.24) is 9.29 Å². The summed E-state index contributed by atoms with van der Waals surface area (Å²) in [5, 5.41) is 0.527. The lowest BCUT2D eigenvalue weighted by molar-refractivity contribution is 0.396. The number of hydrogen-bond donors (Lipinski definition) is 0. The third-order valence-corrected chi connectivity index (χ3v) is 5.87. The largest absolute Gasteiger partial charge is 0.264 e. The maximum Gasteiger partial charge on any atom is 0.243 e. The van der Waals surface area contributed by atoms with Crippen LogP contribution in [0.5, 0.6) is 0 Å². The molecule has 1 saturated heterocycles. The minimum atomic E-state index is -3.51. The van der Waals surface area contributed by atoms with Gasteiger partial charge in [0, 0.05) is 24.0 Å². The molecule has 2 heterocycles. The molecule has 3 rings (SSSR count). The summed E-state index contributed by atoms with van der Waals surface area (Å²) in [6, 6.07) is 9.92. The van der Waals surface area contributed by atoms with Gasteiger partial charge >= 0.3 is 0 Å². The molecule has 1 aromatic carbocycles. The Bertz CT molecular complexity index is 717. The van der Waals surface area contributed by atoms with E-state index in [1.807, 2.05) is 12.1 Å². The standard InChI is InChI=1S/C15H15ClN2O2S/c16-13-5-7-14(8-6-13)21(19,20)18-10-2-4-15(18)12-3-1-9-17-11-12/h1,3,5-9,11,15H,2,4,10H2/t15-/m1/s1. The van der Waals surface area contributed by atoms with Crippen LogP contribution in [0, 0.1) is 0 Å². The molecular formula is C15H15ClN2O2S. The summed E-state index contributed by atoms with van der Waals surface area (Å²) in [6.07, 6.45) is 5.10. The van der Waals surface area contributed by atoms with E-state index < -0.39 is 10.0 Å². The van der Waals surface area contributed by atoms with E-state index in [1.165, 1.54) is 0 Å². The lowest BCUT2D eigenvalue weighted by Gasteiger charge is -2.24. The zero-order chi connectivity index (χ0) is 14.9. The van der Waals surface area contributed by atoms with Gasteiger partial charge in [-0.25, -0.2) is 8.42 Å². The molecule has 110 valence electrons. The molecule has 0 saturated carbocycles. The predicted octanol–water partition coefficient (Wildman–Crippen LogP) is 3.26. The second kappa shape index (κ2) is 5.75. The molecule has 1 fully saturated rings. The fraction of sp³-hybridized carbons (Fsp3) is 0.267. The molecule has 0 radical (unpaired) electrons. The third-order valence-electron chi connectivity index (χ3n) is 3.69. The van der Waals surface area contributed by atoms with Gasteiger partial charge in [0.05, 0.1) is 10.9 Å². The minimum Gasteiger partial charge on any atom is -0.264 e. The highest BCUT2D eigenvalue weighted by molar-refractivity contribution is 7.89. The Hall–Kier alpha value is -1.43. The van der Waals surface area contributed by atoms with Crippen molar-refractivity contribution in [2.45, 2.75) is 23.8 Å². The van der Waals surface area contributed by atoms with Gasteiger partial charge in [-0.05, 0) is 48.7 Å². The Balaban J connectivity index is 1.96. The normalized spacial score (nSPS) is 19.8. The van der Waals surface area contributed by atoms with Gasteiger partial charge in [0.15, 0.2) is 0 Å². The number of nitrogens with zero attached hydrogens (tertiary/aromatic N) is 2. The molecule has 2 aromatic rings. The van der Waals surface area contributed by atoms with E-state index in [1.54, 1.807) is 41.0 Å². The van der Waals surface area contributed by atoms with Crippen molar-refractivity contribution < 1.29 is 8.42 Å². The molecule has 1 aromatic heterocycles. The molecule has 4 nitrogen and oxygen atoms in total. The van der Waals surface area contributed by atoms with Gasteiger partial charge in [-0.1, -0.05) is 17.7 Å². The Morgan fingerprint density at radius 3 is 2.62 bits per heavy atom. The fourth-order valence-electron chi connectivity index (χ4n) is 2.68. The first-order valence-corrected chi connectivity index (χ1v) is 8.58. The predicted molar refractivity (Wildman–Crippen MR) is 81.6 cm³/mol. The van der Waals surface area contributed by atoms with Crippen LogP contribution in [0.2, 0.25) is 5.02 Å². The van der Waals surface area contributed by atoms with Crippen molar-refractivity contribution in [3.05, 3.63) is 59.4 Å². The molecule has 6 heteroatoms. The van der Waals surface area contributed by atoms with Crippen molar-refractivity contribution in [3.63, 3.8) is 0 Å². The lowest BCUT2D eigenvalue weighted by Crippen LogP contribution is -2.30. The molecule has 0 N–H and O–H groups in total. The summed E-state index contributed by atoms with van der Waals surface area (Å²) in [5.74, 6) is 0. The van der Waals surface area contributed by atoms with Crippen LogP contribution in [0.4, 0.5) is 0 Å². The van der Waals surface area contributed by atoms with Crippen molar-refractivity contribution in [3.8, 4) is 0 Å². The highest BCUT2D eigenvalue weighted by Gasteiger charge is 2.36. The maximum absolute atomic E-state index is 12.8. The minimum absolute atomic E-state index is 0.139. The summed E-state index contributed by atoms with van der Waals surface area (Å²) < 4.78 is 27.1. The summed E-state index contributed by atoms with van der Waals surface area (Å²) >= 11 is 5.83. The van der Waals surface area contributed by atoms with Crippen LogP contribution in [0.15, 0.2) is 53.7 Å². The van der Waals surface area contributed by atoms with Gasteiger partial charge in [-0.2, -0.15) is 4.31 Å². The quantitative estimate of drug-likeness (QED) is 0.871. The van der Waals surface area contributed by atoms with Crippen molar-refractivity contribution in [1.29, 1.82) is 0 Å². The van der Waals surface area contributed by atoms with Gasteiger partial charge in [0.2, 0.25) is 10.0 Å². The Morgan fingerprint density at radius 1 is 1.19 bits per heavy atom. The van der Waals surface area contributed by atoms with Gasteiger partial charge < -0.3 is 0 Å². The maximum atomic E-state index is 12.8. The molecule has 0 aliphatic carbocycles. The van der Waals surface area contributed by atoms with E-state index >= 15 is 0 Å². The highest BCUT2D eigenvalue weighted by Crippen LogP contribution is 2.36. The van der Waals surface area contributed by atoms with Crippen LogP contribution in [0.25, 0.3) is 0 Å². The first kappa shape index (κ1) is 14.5. The van der Waals surface area contributed by atoms with Gasteiger partial charge in [-0.3, -0.25) is 4.98 Å². The van der Waals surface area contributed by atoms with Gasteiger partial charge in [0.1, 0.15) is 0 Å². The van der Waals surface area contributed by atoms with Crippen molar-refractivity contribution in [2.24, 2.45) is 0 Å². The molecular weight excluding hydrogens is 308 g/mol. The van der Waals surface area contributed by atoms with E-state index in [9.17, 15) is 8.42 Å². The van der Waals surface area contributed by atoms with Crippen LogP contribution >= 0.6 is 11.6 Å². The van der Waals surface area contributed by atoms with E-state index in [2.05, 4.69) is 4.98 Å². The molecule has 0 spiro atoms. The Labute approximate surface area is 129 Å². The smallest absolute Gasteiger partial charge is 0.243 e. The second-order valence-corrected chi connectivity index (χ2v) is 7.34. The van der Waals surface area contributed by atoms with Gasteiger partial charge in [0.25, 0.3) is 0 Å². The number of aromatic nitrogens is 1. The monoisotopic (exact) mass is 322 g/mol. The average molecular weight is 323 g/mol. The summed E-state index contributed by atoms with van der Waals surface area (Å²) in [7, 11) is -3.51. The molecule has 0 amide bonds. The molecule has 0 unspecified atom stereocenters. The molecule has 1 aliphatic heterocycles. The van der Waals surface area contributed by atoms with Crippen molar-refractivity contribution >= 4 is 21.6 Å². The van der Waals surface area contributed by atoms with E-state index in [4.69, 9.17) is 11.6 Å². The van der Waals surface area contributed by atoms with Gasteiger partial charge in [-0.15, -0.1) is 0 Å². The van der Waals surface area contributed by atoms with Crippen LogP contribution in [-0.4, -0.2) is 24.3 Å². The second-order valence-electron chi connectivity index (χ2n) is 5.01. The zero-order valence-corrected chi connectivity index (χ0v) is 12.9. The van der Waals surface area contributed by atoms with E-state index in [0.29, 0.717) is 11.6 Å². The number of benzene rings is 1. The summed E-state index contributed by atoms with van der Waals surface area (Å²) in [5.41, 5.74) is 0.938. The number of pyridine rings is 1. The van der Waals surface area contributed by atoms with Crippen LogP contribution in [0.3, 0.4) is 0 Å². The number of sulfonamides is 1. The fourth-order valence-corrected chi connectivity index (χ4v) is 4.48. The van der Waals surface area contributed by atoms with E-state index in [-0.39, 0.29) is 10.9 Å². The SMILES string of the molecule is O=S(=O)(c1ccc(Cl)cc1)N1CCC[C@@H]1c1cccnc1. The Kier molecular flexibility index (Phi) is 3.97. The topological polar surface area (TPSA) is 50.3 Å². The first-order valence-electron chi connectivity index (χ1n) is 6.76. The highest BCUT2D eigenvalue weighted by atomic mass is 35.5. The van der Waals surface area contributed by atoms with E-state index in [0.717, 1.165) is 18.4 Å². The summed E-state index contributed by atoms with van der Waals surface area (Å²) in [6.45, 7) is 0.532. The lowest BCUT2D eigenvalue weighted by atomic mass is 10.1. The van der Waals surface area contributed by atoms with Crippen LogP contribution < -0.4 is 0 Å². The first-order chi connectivity index (χ1) is 10.1. The molecule has 1 aliphatic rings. The number of rotatable bonds is 3. The molecule has 1 atom stereocenters. The molecule has 0 bridgehead atoms. The average Bonchev–Trinajstić information content (AvgIpc) is 2.99. The summed E-state index contributed by atoms with van der Waals surface area (Å²) in [4.78, 5) is 4.37. The molecule has 21 heavy (non-hydrogen) atoms. The number of halogens is 1. The zero-order valence-electron chi connectivity index (χ0n) is 11.3. The van der Waals surface area contributed by atoms with Crippen LogP contribution in [-0.2, 0) is 10.0 Å². The van der Waals surface area contributed by atoms with Crippen LogP contribution in [0.1, 0.15) is 24.4 Å². The Morgan fingerprint density at radius 2 is 1.95 bits per heavy atom. The number of hydrogen-bond acceptors (Lipinski definition) is 3. The van der Waals surface area contributed by atoms with Crippen molar-refractivity contribution in [2.75, 3.05) is 6.54 Å².